The summed E-state index contributed by atoms with van der Waals surface area (Å²) >= 11 is 0. The highest BCUT2D eigenvalue weighted by molar-refractivity contribution is 6.02. The Kier molecular flexibility index (Phi) is 2.49. The SMILES string of the molecule is O=C(Nc1ccccc1)C1=CCCO1. The molecule has 72 valence electrons. The zero-order chi connectivity index (χ0) is 9.80. The molecule has 1 aromatic rings. The standard InChI is InChI=1S/C11H11NO2/c13-11(10-7-4-8-14-10)12-9-5-2-1-3-6-9/h1-3,5-7H,4,8H2,(H,12,13). The third-order valence-corrected chi connectivity index (χ3v) is 1.96. The second kappa shape index (κ2) is 3.96. The van der Waals surface area contributed by atoms with Crippen LogP contribution in [-0.4, -0.2) is 12.5 Å². The van der Waals surface area contributed by atoms with Gasteiger partial charge in [0.05, 0.1) is 6.61 Å². The molecule has 0 aliphatic carbocycles. The number of nitrogens with one attached hydrogen (secondary N) is 1. The molecule has 0 radical (unpaired) electrons. The van der Waals surface area contributed by atoms with E-state index in [1.807, 2.05) is 30.3 Å². The molecule has 0 fully saturated rings. The van der Waals surface area contributed by atoms with Crippen LogP contribution in [0.4, 0.5) is 5.69 Å². The van der Waals surface area contributed by atoms with Gasteiger partial charge in [0.25, 0.3) is 5.91 Å². The molecule has 0 bridgehead atoms. The van der Waals surface area contributed by atoms with Gasteiger partial charge in [-0.05, 0) is 18.2 Å². The van der Waals surface area contributed by atoms with Gasteiger partial charge in [-0.3, -0.25) is 4.79 Å². The number of para-hydroxylation sites is 1. The molecule has 1 aliphatic heterocycles. The van der Waals surface area contributed by atoms with Crippen LogP contribution in [0.3, 0.4) is 0 Å². The minimum atomic E-state index is -0.172. The number of benzene rings is 1. The summed E-state index contributed by atoms with van der Waals surface area (Å²) in [5.41, 5.74) is 0.786. The predicted octanol–water partition coefficient (Wildman–Crippen LogP) is 1.93. The molecular formula is C11H11NO2. The number of hydrogen-bond acceptors (Lipinski definition) is 2. The Hall–Kier alpha value is -1.77. The molecule has 1 heterocycles. The fourth-order valence-corrected chi connectivity index (χ4v) is 1.29. The van der Waals surface area contributed by atoms with E-state index in [1.54, 1.807) is 6.08 Å². The normalized spacial score (nSPS) is 14.4. The molecule has 1 N–H and O–H groups in total. The molecule has 3 heteroatoms. The van der Waals surface area contributed by atoms with Gasteiger partial charge in [-0.1, -0.05) is 18.2 Å². The molecule has 1 amide bonds. The molecule has 0 saturated heterocycles. The quantitative estimate of drug-likeness (QED) is 0.772. The monoisotopic (exact) mass is 189 g/mol. The molecule has 0 spiro atoms. The molecule has 3 nitrogen and oxygen atoms in total. The van der Waals surface area contributed by atoms with Gasteiger partial charge in [0.15, 0.2) is 5.76 Å². The molecule has 1 aromatic carbocycles. The minimum absolute atomic E-state index is 0.172. The topological polar surface area (TPSA) is 38.3 Å². The van der Waals surface area contributed by atoms with Crippen molar-refractivity contribution in [1.29, 1.82) is 0 Å². The number of ether oxygens (including phenoxy) is 1. The highest BCUT2D eigenvalue weighted by Crippen LogP contribution is 2.12. The summed E-state index contributed by atoms with van der Waals surface area (Å²) in [4.78, 5) is 11.5. The van der Waals surface area contributed by atoms with Gasteiger partial charge in [-0.15, -0.1) is 0 Å². The van der Waals surface area contributed by atoms with E-state index in [1.165, 1.54) is 0 Å². The van der Waals surface area contributed by atoms with Crippen LogP contribution in [-0.2, 0) is 9.53 Å². The van der Waals surface area contributed by atoms with Crippen molar-refractivity contribution in [2.75, 3.05) is 11.9 Å². The second-order valence-corrected chi connectivity index (χ2v) is 3.03. The molecule has 2 rings (SSSR count). The van der Waals surface area contributed by atoms with Crippen molar-refractivity contribution in [2.45, 2.75) is 6.42 Å². The lowest BCUT2D eigenvalue weighted by Crippen LogP contribution is -2.14. The Labute approximate surface area is 82.4 Å². The average molecular weight is 189 g/mol. The zero-order valence-corrected chi connectivity index (χ0v) is 7.69. The summed E-state index contributed by atoms with van der Waals surface area (Å²) in [6.07, 6.45) is 2.62. The average Bonchev–Trinajstić information content (AvgIpc) is 2.72. The number of anilines is 1. The lowest BCUT2D eigenvalue weighted by atomic mass is 10.3. The van der Waals surface area contributed by atoms with Crippen LogP contribution in [0.15, 0.2) is 42.2 Å². The van der Waals surface area contributed by atoms with E-state index in [0.717, 1.165) is 12.1 Å². The van der Waals surface area contributed by atoms with Crippen molar-refractivity contribution >= 4 is 11.6 Å². The van der Waals surface area contributed by atoms with Crippen LogP contribution in [0.25, 0.3) is 0 Å². The Bertz CT molecular complexity index is 357. The smallest absolute Gasteiger partial charge is 0.290 e. The number of carbonyl (C=O) groups is 1. The fourth-order valence-electron chi connectivity index (χ4n) is 1.29. The summed E-state index contributed by atoms with van der Waals surface area (Å²) in [7, 11) is 0. The highest BCUT2D eigenvalue weighted by atomic mass is 16.5. The lowest BCUT2D eigenvalue weighted by Gasteiger charge is -2.05. The van der Waals surface area contributed by atoms with Crippen molar-refractivity contribution in [1.82, 2.24) is 0 Å². The Morgan fingerprint density at radius 3 is 2.71 bits per heavy atom. The van der Waals surface area contributed by atoms with Crippen LogP contribution in [0, 0.1) is 0 Å². The lowest BCUT2D eigenvalue weighted by molar-refractivity contribution is -0.115. The van der Waals surface area contributed by atoms with Crippen LogP contribution in [0.5, 0.6) is 0 Å². The highest BCUT2D eigenvalue weighted by Gasteiger charge is 2.14. The summed E-state index contributed by atoms with van der Waals surface area (Å²) in [6.45, 7) is 0.609. The Balaban J connectivity index is 2.01. The molecule has 0 atom stereocenters. The maximum absolute atomic E-state index is 11.5. The molecule has 14 heavy (non-hydrogen) atoms. The molecule has 0 aromatic heterocycles. The third-order valence-electron chi connectivity index (χ3n) is 1.96. The van der Waals surface area contributed by atoms with E-state index in [4.69, 9.17) is 4.74 Å². The van der Waals surface area contributed by atoms with Crippen LogP contribution in [0.1, 0.15) is 6.42 Å². The van der Waals surface area contributed by atoms with E-state index in [0.29, 0.717) is 12.4 Å². The zero-order valence-electron chi connectivity index (χ0n) is 7.69. The van der Waals surface area contributed by atoms with Gasteiger partial charge in [-0.2, -0.15) is 0 Å². The maximum Gasteiger partial charge on any atom is 0.290 e. The van der Waals surface area contributed by atoms with E-state index >= 15 is 0 Å². The van der Waals surface area contributed by atoms with Crippen LogP contribution in [0.2, 0.25) is 0 Å². The Morgan fingerprint density at radius 2 is 2.07 bits per heavy atom. The number of hydrogen-bond donors (Lipinski definition) is 1. The van der Waals surface area contributed by atoms with Crippen molar-refractivity contribution in [3.05, 3.63) is 42.2 Å². The fraction of sp³-hybridized carbons (Fsp3) is 0.182. The van der Waals surface area contributed by atoms with Gasteiger partial charge in [0, 0.05) is 12.1 Å². The molecular weight excluding hydrogens is 178 g/mol. The van der Waals surface area contributed by atoms with E-state index in [-0.39, 0.29) is 5.91 Å². The largest absolute Gasteiger partial charge is 0.488 e. The predicted molar refractivity (Wildman–Crippen MR) is 53.7 cm³/mol. The van der Waals surface area contributed by atoms with E-state index < -0.39 is 0 Å². The second-order valence-electron chi connectivity index (χ2n) is 3.03. The van der Waals surface area contributed by atoms with Crippen molar-refractivity contribution in [2.24, 2.45) is 0 Å². The molecule has 0 unspecified atom stereocenters. The number of rotatable bonds is 2. The van der Waals surface area contributed by atoms with Gasteiger partial charge >= 0.3 is 0 Å². The maximum atomic E-state index is 11.5. The van der Waals surface area contributed by atoms with Gasteiger partial charge in [0.2, 0.25) is 0 Å². The third kappa shape index (κ3) is 1.93. The van der Waals surface area contributed by atoms with Crippen molar-refractivity contribution < 1.29 is 9.53 Å². The minimum Gasteiger partial charge on any atom is -0.488 e. The first kappa shape index (κ1) is 8.81. The molecule has 0 saturated carbocycles. The first-order valence-electron chi connectivity index (χ1n) is 4.55. The van der Waals surface area contributed by atoms with E-state index in [9.17, 15) is 4.79 Å². The number of amides is 1. The molecule has 1 aliphatic rings. The Morgan fingerprint density at radius 1 is 1.29 bits per heavy atom. The first-order valence-corrected chi connectivity index (χ1v) is 4.55. The van der Waals surface area contributed by atoms with Gasteiger partial charge in [0.1, 0.15) is 0 Å². The first-order chi connectivity index (χ1) is 6.86. The van der Waals surface area contributed by atoms with Gasteiger partial charge < -0.3 is 10.1 Å². The summed E-state index contributed by atoms with van der Waals surface area (Å²) in [5, 5.41) is 2.75. The number of carbonyl (C=O) groups excluding carboxylic acids is 1. The van der Waals surface area contributed by atoms with Gasteiger partial charge in [-0.25, -0.2) is 0 Å². The van der Waals surface area contributed by atoms with Crippen LogP contribution < -0.4 is 5.32 Å². The van der Waals surface area contributed by atoms with Crippen LogP contribution >= 0.6 is 0 Å². The summed E-state index contributed by atoms with van der Waals surface area (Å²) in [5.74, 6) is 0.252. The summed E-state index contributed by atoms with van der Waals surface area (Å²) in [6, 6.07) is 9.33. The summed E-state index contributed by atoms with van der Waals surface area (Å²) < 4.78 is 5.14. The van der Waals surface area contributed by atoms with Crippen molar-refractivity contribution in [3.8, 4) is 0 Å². The van der Waals surface area contributed by atoms with Crippen molar-refractivity contribution in [3.63, 3.8) is 0 Å². The van der Waals surface area contributed by atoms with E-state index in [2.05, 4.69) is 5.32 Å².